The van der Waals surface area contributed by atoms with Crippen molar-refractivity contribution in [3.05, 3.63) is 35.9 Å². The summed E-state index contributed by atoms with van der Waals surface area (Å²) in [6.45, 7) is 8.74. The third-order valence-corrected chi connectivity index (χ3v) is 4.26. The number of amides is 1. The van der Waals surface area contributed by atoms with Gasteiger partial charge < -0.3 is 4.90 Å². The van der Waals surface area contributed by atoms with Crippen LogP contribution in [0.1, 0.15) is 50.4 Å². The van der Waals surface area contributed by atoms with E-state index in [-0.39, 0.29) is 5.91 Å². The lowest BCUT2D eigenvalue weighted by molar-refractivity contribution is 0.0755. The molecule has 1 amide bonds. The summed E-state index contributed by atoms with van der Waals surface area (Å²) in [7, 11) is 0. The second-order valence-corrected chi connectivity index (χ2v) is 6.65. The molecule has 1 unspecified atom stereocenters. The van der Waals surface area contributed by atoms with Crippen LogP contribution in [-0.4, -0.2) is 23.9 Å². The third kappa shape index (κ3) is 3.59. The second-order valence-electron chi connectivity index (χ2n) is 6.65. The minimum Gasteiger partial charge on any atom is -0.339 e. The highest BCUT2D eigenvalue weighted by Crippen LogP contribution is 2.34. The molecule has 2 rings (SSSR count). The van der Waals surface area contributed by atoms with Gasteiger partial charge in [-0.05, 0) is 42.7 Å². The zero-order valence-corrected chi connectivity index (χ0v) is 12.4. The predicted molar refractivity (Wildman–Crippen MR) is 79.1 cm³/mol. The van der Waals surface area contributed by atoms with Crippen LogP contribution in [0.15, 0.2) is 30.3 Å². The highest BCUT2D eigenvalue weighted by Gasteiger charge is 2.28. The summed E-state index contributed by atoms with van der Waals surface area (Å²) in [4.78, 5) is 14.5. The summed E-state index contributed by atoms with van der Waals surface area (Å²) >= 11 is 0. The molecule has 1 heterocycles. The van der Waals surface area contributed by atoms with Crippen LogP contribution in [-0.2, 0) is 0 Å². The van der Waals surface area contributed by atoms with Crippen LogP contribution in [0.25, 0.3) is 0 Å². The van der Waals surface area contributed by atoms with Gasteiger partial charge >= 0.3 is 0 Å². The first kappa shape index (κ1) is 14.1. The minimum atomic E-state index is 0.190. The van der Waals surface area contributed by atoms with Gasteiger partial charge in [-0.2, -0.15) is 0 Å². The molecule has 1 atom stereocenters. The lowest BCUT2D eigenvalue weighted by atomic mass is 9.77. The molecule has 0 aliphatic carbocycles. The number of hydrogen-bond donors (Lipinski definition) is 0. The van der Waals surface area contributed by atoms with Crippen molar-refractivity contribution in [3.63, 3.8) is 0 Å². The fourth-order valence-corrected chi connectivity index (χ4v) is 2.93. The van der Waals surface area contributed by atoms with Crippen molar-refractivity contribution in [1.29, 1.82) is 0 Å². The van der Waals surface area contributed by atoms with Gasteiger partial charge in [-0.25, -0.2) is 0 Å². The van der Waals surface area contributed by atoms with Crippen LogP contribution in [0.3, 0.4) is 0 Å². The van der Waals surface area contributed by atoms with Crippen molar-refractivity contribution < 1.29 is 4.79 Å². The summed E-state index contributed by atoms with van der Waals surface area (Å²) < 4.78 is 0. The van der Waals surface area contributed by atoms with Gasteiger partial charge in [-0.3, -0.25) is 4.79 Å². The van der Waals surface area contributed by atoms with E-state index in [1.165, 1.54) is 6.42 Å². The number of carbonyl (C=O) groups excluding carboxylic acids is 1. The normalized spacial score (nSPS) is 21.0. The van der Waals surface area contributed by atoms with Crippen molar-refractivity contribution in [1.82, 2.24) is 4.90 Å². The fourth-order valence-electron chi connectivity index (χ4n) is 2.93. The topological polar surface area (TPSA) is 20.3 Å². The Kier molecular flexibility index (Phi) is 4.28. The van der Waals surface area contributed by atoms with E-state index in [0.29, 0.717) is 5.41 Å². The van der Waals surface area contributed by atoms with E-state index in [1.807, 2.05) is 35.2 Å². The lowest BCUT2D eigenvalue weighted by Crippen LogP contribution is -2.32. The van der Waals surface area contributed by atoms with E-state index < -0.39 is 0 Å². The van der Waals surface area contributed by atoms with Crippen LogP contribution in [0.5, 0.6) is 0 Å². The first-order valence-electron chi connectivity index (χ1n) is 7.33. The van der Waals surface area contributed by atoms with Gasteiger partial charge in [-0.1, -0.05) is 39.0 Å². The number of rotatable bonds is 1. The Balaban J connectivity index is 2.02. The van der Waals surface area contributed by atoms with Crippen LogP contribution >= 0.6 is 0 Å². The van der Waals surface area contributed by atoms with Gasteiger partial charge in [0.15, 0.2) is 0 Å². The van der Waals surface area contributed by atoms with Gasteiger partial charge in [-0.15, -0.1) is 0 Å². The molecule has 2 nitrogen and oxygen atoms in total. The maximum absolute atomic E-state index is 12.4. The van der Waals surface area contributed by atoms with Crippen LogP contribution in [0.2, 0.25) is 0 Å². The van der Waals surface area contributed by atoms with Crippen molar-refractivity contribution in [3.8, 4) is 0 Å². The largest absolute Gasteiger partial charge is 0.339 e. The number of likely N-dealkylation sites (tertiary alicyclic amines) is 1. The van der Waals surface area contributed by atoms with Crippen LogP contribution in [0, 0.1) is 11.3 Å². The summed E-state index contributed by atoms with van der Waals surface area (Å²) in [6.07, 6.45) is 3.49. The van der Waals surface area contributed by atoms with Crippen molar-refractivity contribution >= 4 is 5.91 Å². The molecule has 0 aromatic heterocycles. The quantitative estimate of drug-likeness (QED) is 0.747. The molecule has 1 aromatic rings. The lowest BCUT2D eigenvalue weighted by Gasteiger charge is -2.29. The van der Waals surface area contributed by atoms with E-state index in [0.717, 1.165) is 37.4 Å². The highest BCUT2D eigenvalue weighted by atomic mass is 16.2. The van der Waals surface area contributed by atoms with Crippen LogP contribution < -0.4 is 0 Å². The molecular formula is C17H25NO. The van der Waals surface area contributed by atoms with E-state index in [9.17, 15) is 4.79 Å². The molecular weight excluding hydrogens is 234 g/mol. The molecule has 19 heavy (non-hydrogen) atoms. The standard InChI is InChI=1S/C17H25NO/c1-17(2,3)15-10-7-12-18(13-11-15)16(19)14-8-5-4-6-9-14/h4-6,8-9,15H,7,10-13H2,1-3H3. The maximum Gasteiger partial charge on any atom is 0.253 e. The summed E-state index contributed by atoms with van der Waals surface area (Å²) in [5, 5.41) is 0. The average molecular weight is 259 g/mol. The Morgan fingerprint density at radius 1 is 1.11 bits per heavy atom. The maximum atomic E-state index is 12.4. The average Bonchev–Trinajstić information content (AvgIpc) is 2.64. The van der Waals surface area contributed by atoms with Gasteiger partial charge in [0.05, 0.1) is 0 Å². The number of carbonyl (C=O) groups is 1. The fraction of sp³-hybridized carbons (Fsp3) is 0.588. The van der Waals surface area contributed by atoms with Crippen molar-refractivity contribution in [2.24, 2.45) is 11.3 Å². The van der Waals surface area contributed by atoms with Gasteiger partial charge in [0.2, 0.25) is 0 Å². The molecule has 0 N–H and O–H groups in total. The molecule has 1 aromatic carbocycles. The van der Waals surface area contributed by atoms with E-state index in [1.54, 1.807) is 0 Å². The zero-order chi connectivity index (χ0) is 13.9. The number of benzene rings is 1. The molecule has 1 saturated heterocycles. The van der Waals surface area contributed by atoms with Crippen molar-refractivity contribution in [2.45, 2.75) is 40.0 Å². The van der Waals surface area contributed by atoms with Crippen molar-refractivity contribution in [2.75, 3.05) is 13.1 Å². The summed E-state index contributed by atoms with van der Waals surface area (Å²) in [5.41, 5.74) is 1.17. The second kappa shape index (κ2) is 5.77. The molecule has 1 aliphatic rings. The molecule has 0 saturated carbocycles. The molecule has 0 radical (unpaired) electrons. The van der Waals surface area contributed by atoms with E-state index in [4.69, 9.17) is 0 Å². The monoisotopic (exact) mass is 259 g/mol. The first-order valence-corrected chi connectivity index (χ1v) is 7.33. The summed E-state index contributed by atoms with van der Waals surface area (Å²) in [5.74, 6) is 0.913. The Bertz CT molecular complexity index is 419. The van der Waals surface area contributed by atoms with Gasteiger partial charge in [0, 0.05) is 18.7 Å². The third-order valence-electron chi connectivity index (χ3n) is 4.26. The zero-order valence-electron chi connectivity index (χ0n) is 12.4. The Hall–Kier alpha value is -1.31. The van der Waals surface area contributed by atoms with Crippen LogP contribution in [0.4, 0.5) is 0 Å². The molecule has 104 valence electrons. The van der Waals surface area contributed by atoms with E-state index in [2.05, 4.69) is 20.8 Å². The Labute approximate surface area is 116 Å². The molecule has 1 fully saturated rings. The predicted octanol–water partition coefficient (Wildman–Crippen LogP) is 3.98. The molecule has 0 spiro atoms. The van der Waals surface area contributed by atoms with Gasteiger partial charge in [0.25, 0.3) is 5.91 Å². The highest BCUT2D eigenvalue weighted by molar-refractivity contribution is 5.94. The van der Waals surface area contributed by atoms with Gasteiger partial charge in [0.1, 0.15) is 0 Å². The Morgan fingerprint density at radius 2 is 1.79 bits per heavy atom. The number of hydrogen-bond acceptors (Lipinski definition) is 1. The first-order chi connectivity index (χ1) is 8.98. The molecule has 0 bridgehead atoms. The van der Waals surface area contributed by atoms with E-state index >= 15 is 0 Å². The molecule has 1 aliphatic heterocycles. The minimum absolute atomic E-state index is 0.190. The molecule has 2 heteroatoms. The SMILES string of the molecule is CC(C)(C)C1CCCN(C(=O)c2ccccc2)CC1. The Morgan fingerprint density at radius 3 is 2.42 bits per heavy atom. The summed E-state index contributed by atoms with van der Waals surface area (Å²) in [6, 6.07) is 9.64. The smallest absolute Gasteiger partial charge is 0.253 e. The number of nitrogens with zero attached hydrogens (tertiary/aromatic N) is 1.